The van der Waals surface area contributed by atoms with Crippen LogP contribution in [0.1, 0.15) is 45.6 Å². The van der Waals surface area contributed by atoms with E-state index in [1.807, 2.05) is 32.9 Å². The minimum absolute atomic E-state index is 0. The van der Waals surface area contributed by atoms with Crippen LogP contribution in [0.25, 0.3) is 0 Å². The van der Waals surface area contributed by atoms with Crippen LogP contribution in [0.15, 0.2) is 24.3 Å². The summed E-state index contributed by atoms with van der Waals surface area (Å²) in [7, 11) is 0. The van der Waals surface area contributed by atoms with Crippen LogP contribution in [0.3, 0.4) is 0 Å². The van der Waals surface area contributed by atoms with Crippen molar-refractivity contribution in [1.29, 1.82) is 0 Å². The third kappa shape index (κ3) is 3.99. The van der Waals surface area contributed by atoms with Gasteiger partial charge in [-0.1, -0.05) is 39.3 Å². The highest BCUT2D eigenvalue weighted by Gasteiger charge is 2.39. The highest BCUT2D eigenvalue weighted by molar-refractivity contribution is 5.85. The Bertz CT molecular complexity index is 506. The van der Waals surface area contributed by atoms with Crippen LogP contribution >= 0.6 is 12.4 Å². The Morgan fingerprint density at radius 1 is 1.32 bits per heavy atom. The van der Waals surface area contributed by atoms with Gasteiger partial charge in [0, 0.05) is 12.0 Å². The maximum absolute atomic E-state index is 13.1. The van der Waals surface area contributed by atoms with E-state index in [4.69, 9.17) is 5.73 Å². The molecule has 1 aromatic rings. The summed E-state index contributed by atoms with van der Waals surface area (Å²) in [5.74, 6) is -0.345. The molecule has 0 aromatic heterocycles. The summed E-state index contributed by atoms with van der Waals surface area (Å²) in [5, 5.41) is 2.99. The Balaban J connectivity index is 0.00000242. The van der Waals surface area contributed by atoms with Gasteiger partial charge in [-0.05, 0) is 36.0 Å². The third-order valence-electron chi connectivity index (χ3n) is 4.58. The lowest BCUT2D eigenvalue weighted by Crippen LogP contribution is -2.53. The fourth-order valence-electron chi connectivity index (χ4n) is 2.73. The van der Waals surface area contributed by atoms with Crippen LogP contribution in [-0.2, 0) is 10.2 Å². The fourth-order valence-corrected chi connectivity index (χ4v) is 2.73. The molecule has 1 atom stereocenters. The van der Waals surface area contributed by atoms with E-state index in [2.05, 4.69) is 5.32 Å². The van der Waals surface area contributed by atoms with E-state index in [0.717, 1.165) is 24.8 Å². The SMILES string of the molecule is CC(C)(C)[C@H](N)C(=O)NCC1(c2ccc(F)cc2)CCC1.Cl. The Labute approximate surface area is 138 Å². The van der Waals surface area contributed by atoms with Gasteiger partial charge in [-0.15, -0.1) is 12.4 Å². The molecule has 0 aliphatic heterocycles. The summed E-state index contributed by atoms with van der Waals surface area (Å²) in [6.45, 7) is 6.43. The first kappa shape index (κ1) is 18.9. The molecule has 2 rings (SSSR count). The van der Waals surface area contributed by atoms with Gasteiger partial charge in [-0.3, -0.25) is 4.79 Å². The van der Waals surface area contributed by atoms with E-state index >= 15 is 0 Å². The lowest BCUT2D eigenvalue weighted by atomic mass is 9.64. The van der Waals surface area contributed by atoms with Gasteiger partial charge in [-0.2, -0.15) is 0 Å². The molecule has 124 valence electrons. The van der Waals surface area contributed by atoms with Crippen molar-refractivity contribution in [2.75, 3.05) is 6.54 Å². The predicted octanol–water partition coefficient (Wildman–Crippen LogP) is 3.16. The summed E-state index contributed by atoms with van der Waals surface area (Å²) in [6, 6.07) is 6.09. The van der Waals surface area contributed by atoms with Crippen molar-refractivity contribution in [3.63, 3.8) is 0 Å². The third-order valence-corrected chi connectivity index (χ3v) is 4.58. The number of hydrogen-bond acceptors (Lipinski definition) is 2. The van der Waals surface area contributed by atoms with Crippen molar-refractivity contribution >= 4 is 18.3 Å². The molecule has 1 amide bonds. The van der Waals surface area contributed by atoms with Crippen molar-refractivity contribution in [2.24, 2.45) is 11.1 Å². The monoisotopic (exact) mass is 328 g/mol. The zero-order valence-corrected chi connectivity index (χ0v) is 14.3. The van der Waals surface area contributed by atoms with E-state index in [-0.39, 0.29) is 35.0 Å². The fraction of sp³-hybridized carbons (Fsp3) is 0.588. The maximum Gasteiger partial charge on any atom is 0.237 e. The van der Waals surface area contributed by atoms with E-state index in [9.17, 15) is 9.18 Å². The summed E-state index contributed by atoms with van der Waals surface area (Å²) in [6.07, 6.45) is 3.17. The van der Waals surface area contributed by atoms with Crippen molar-refractivity contribution in [2.45, 2.75) is 51.5 Å². The van der Waals surface area contributed by atoms with Gasteiger partial charge in [0.25, 0.3) is 0 Å². The lowest BCUT2D eigenvalue weighted by molar-refractivity contribution is -0.125. The predicted molar refractivity (Wildman–Crippen MR) is 89.6 cm³/mol. The summed E-state index contributed by atoms with van der Waals surface area (Å²) < 4.78 is 13.1. The number of hydrogen-bond donors (Lipinski definition) is 2. The smallest absolute Gasteiger partial charge is 0.237 e. The molecule has 3 nitrogen and oxygen atoms in total. The van der Waals surface area contributed by atoms with Gasteiger partial charge in [0.2, 0.25) is 5.91 Å². The highest BCUT2D eigenvalue weighted by Crippen LogP contribution is 2.43. The molecule has 1 aliphatic carbocycles. The second-order valence-electron chi connectivity index (χ2n) is 7.20. The van der Waals surface area contributed by atoms with Crippen LogP contribution in [0.4, 0.5) is 4.39 Å². The van der Waals surface area contributed by atoms with Gasteiger partial charge in [0.1, 0.15) is 5.82 Å². The Morgan fingerprint density at radius 2 is 1.86 bits per heavy atom. The zero-order chi connectivity index (χ0) is 15.7. The lowest BCUT2D eigenvalue weighted by Gasteiger charge is -2.43. The Hall–Kier alpha value is -1.13. The average Bonchev–Trinajstić information content (AvgIpc) is 2.37. The number of carbonyl (C=O) groups excluding carboxylic acids is 1. The van der Waals surface area contributed by atoms with Crippen molar-refractivity contribution < 1.29 is 9.18 Å². The van der Waals surface area contributed by atoms with E-state index in [1.54, 1.807) is 0 Å². The minimum atomic E-state index is -0.525. The topological polar surface area (TPSA) is 55.1 Å². The minimum Gasteiger partial charge on any atom is -0.354 e. The number of nitrogens with one attached hydrogen (secondary N) is 1. The molecule has 1 aliphatic rings. The summed E-state index contributed by atoms with van der Waals surface area (Å²) >= 11 is 0. The van der Waals surface area contributed by atoms with E-state index < -0.39 is 6.04 Å². The van der Waals surface area contributed by atoms with Crippen LogP contribution in [0, 0.1) is 11.2 Å². The standard InChI is InChI=1S/C17H25FN2O.ClH/c1-16(2,3)14(19)15(21)20-11-17(9-4-10-17)12-5-7-13(18)8-6-12;/h5-8,14H,4,9-11,19H2,1-3H3,(H,20,21);1H/t14-;/m1./s1. The van der Waals surface area contributed by atoms with Gasteiger partial charge < -0.3 is 11.1 Å². The molecule has 22 heavy (non-hydrogen) atoms. The number of halogens is 2. The highest BCUT2D eigenvalue weighted by atomic mass is 35.5. The molecular formula is C17H26ClFN2O. The summed E-state index contributed by atoms with van der Waals surface area (Å²) in [5.41, 5.74) is 6.77. The van der Waals surface area contributed by atoms with Crippen molar-refractivity contribution in [1.82, 2.24) is 5.32 Å². The molecule has 0 heterocycles. The van der Waals surface area contributed by atoms with Gasteiger partial charge in [0.15, 0.2) is 0 Å². The number of rotatable bonds is 4. The number of nitrogens with two attached hydrogens (primary N) is 1. The second-order valence-corrected chi connectivity index (χ2v) is 7.20. The molecule has 1 fully saturated rings. The van der Waals surface area contributed by atoms with Gasteiger partial charge in [-0.25, -0.2) is 4.39 Å². The van der Waals surface area contributed by atoms with Crippen LogP contribution in [0.5, 0.6) is 0 Å². The number of carbonyl (C=O) groups is 1. The molecule has 1 saturated carbocycles. The number of benzene rings is 1. The summed E-state index contributed by atoms with van der Waals surface area (Å²) in [4.78, 5) is 12.2. The van der Waals surface area contributed by atoms with E-state index in [0.29, 0.717) is 6.54 Å². The largest absolute Gasteiger partial charge is 0.354 e. The van der Waals surface area contributed by atoms with Gasteiger partial charge in [0.05, 0.1) is 6.04 Å². The quantitative estimate of drug-likeness (QED) is 0.892. The van der Waals surface area contributed by atoms with Crippen LogP contribution < -0.4 is 11.1 Å². The molecule has 0 radical (unpaired) electrons. The Morgan fingerprint density at radius 3 is 2.27 bits per heavy atom. The first-order valence-corrected chi connectivity index (χ1v) is 7.54. The molecule has 0 spiro atoms. The van der Waals surface area contributed by atoms with E-state index in [1.165, 1.54) is 12.1 Å². The van der Waals surface area contributed by atoms with Crippen LogP contribution in [0.2, 0.25) is 0 Å². The van der Waals surface area contributed by atoms with Crippen molar-refractivity contribution in [3.05, 3.63) is 35.6 Å². The van der Waals surface area contributed by atoms with Gasteiger partial charge >= 0.3 is 0 Å². The van der Waals surface area contributed by atoms with Crippen LogP contribution in [-0.4, -0.2) is 18.5 Å². The first-order chi connectivity index (χ1) is 9.74. The Kier molecular flexibility index (Phi) is 5.99. The molecule has 0 unspecified atom stereocenters. The molecular weight excluding hydrogens is 303 g/mol. The maximum atomic E-state index is 13.1. The molecule has 3 N–H and O–H groups in total. The van der Waals surface area contributed by atoms with Crippen molar-refractivity contribution in [3.8, 4) is 0 Å². The molecule has 1 aromatic carbocycles. The average molecular weight is 329 g/mol. The molecule has 5 heteroatoms. The molecule has 0 bridgehead atoms. The second kappa shape index (κ2) is 6.97. The molecule has 0 saturated heterocycles. The normalized spacial score (nSPS) is 17.9. The zero-order valence-electron chi connectivity index (χ0n) is 13.5. The first-order valence-electron chi connectivity index (χ1n) is 7.54. The number of amides is 1.